The predicted molar refractivity (Wildman–Crippen MR) is 64.5 cm³/mol. The van der Waals surface area contributed by atoms with E-state index in [2.05, 4.69) is 15.4 Å². The maximum absolute atomic E-state index is 11.6. The number of nitrogens with two attached hydrogens (primary N) is 1. The van der Waals surface area contributed by atoms with Gasteiger partial charge in [-0.25, -0.2) is 0 Å². The Hall–Kier alpha value is -2.24. The van der Waals surface area contributed by atoms with Gasteiger partial charge >= 0.3 is 0 Å². The average Bonchev–Trinajstić information content (AvgIpc) is 2.88. The fraction of sp³-hybridized carbons (Fsp3) is 0.273. The van der Waals surface area contributed by atoms with Crippen molar-refractivity contribution >= 4 is 11.6 Å². The number of aromatic nitrogens is 3. The highest BCUT2D eigenvalue weighted by atomic mass is 16.1. The summed E-state index contributed by atoms with van der Waals surface area (Å²) in [4.78, 5) is 14.4. The number of nitrogen functional groups attached to an aromatic ring is 1. The summed E-state index contributed by atoms with van der Waals surface area (Å²) in [5.74, 6) is -0.155. The van der Waals surface area contributed by atoms with Gasteiger partial charge in [-0.05, 0) is 12.1 Å². The molecule has 0 spiro atoms. The molecule has 0 aliphatic heterocycles. The summed E-state index contributed by atoms with van der Waals surface area (Å²) in [5, 5.41) is 7.02. The summed E-state index contributed by atoms with van der Waals surface area (Å²) < 4.78 is 1.74. The maximum atomic E-state index is 11.6. The molecular weight excluding hydrogens is 218 g/mol. The number of rotatable bonds is 4. The molecule has 2 aromatic rings. The number of aromatic amines is 1. The van der Waals surface area contributed by atoms with Gasteiger partial charge in [0.1, 0.15) is 5.69 Å². The Morgan fingerprint density at radius 3 is 3.06 bits per heavy atom. The monoisotopic (exact) mass is 233 g/mol. The molecule has 0 unspecified atom stereocenters. The van der Waals surface area contributed by atoms with Gasteiger partial charge in [0, 0.05) is 38.1 Å². The number of H-pyrrole nitrogens is 1. The first-order valence-electron chi connectivity index (χ1n) is 5.36. The Balaban J connectivity index is 1.81. The molecule has 0 saturated carbocycles. The van der Waals surface area contributed by atoms with Gasteiger partial charge in [-0.3, -0.25) is 9.48 Å². The van der Waals surface area contributed by atoms with Crippen LogP contribution in [0.15, 0.2) is 24.5 Å². The zero-order valence-electron chi connectivity index (χ0n) is 9.60. The molecule has 0 aliphatic carbocycles. The molecule has 0 aliphatic rings. The van der Waals surface area contributed by atoms with E-state index in [-0.39, 0.29) is 5.91 Å². The topological polar surface area (TPSA) is 88.7 Å². The van der Waals surface area contributed by atoms with E-state index in [0.717, 1.165) is 5.69 Å². The SMILES string of the molecule is Cn1ccc(CCNC(=O)c2cc(N)c[nH]2)n1. The van der Waals surface area contributed by atoms with Crippen LogP contribution in [0.1, 0.15) is 16.2 Å². The zero-order chi connectivity index (χ0) is 12.3. The minimum atomic E-state index is -0.155. The molecule has 0 atom stereocenters. The lowest BCUT2D eigenvalue weighted by Crippen LogP contribution is -2.26. The van der Waals surface area contributed by atoms with Crippen LogP contribution < -0.4 is 11.1 Å². The average molecular weight is 233 g/mol. The van der Waals surface area contributed by atoms with Crippen molar-refractivity contribution in [1.29, 1.82) is 0 Å². The van der Waals surface area contributed by atoms with Gasteiger partial charge in [0.15, 0.2) is 0 Å². The van der Waals surface area contributed by atoms with Crippen molar-refractivity contribution in [1.82, 2.24) is 20.1 Å². The molecular formula is C11H15N5O. The Kier molecular flexibility index (Phi) is 3.13. The Bertz CT molecular complexity index is 513. The van der Waals surface area contributed by atoms with Crippen molar-refractivity contribution in [2.75, 3.05) is 12.3 Å². The zero-order valence-corrected chi connectivity index (χ0v) is 9.60. The Labute approximate surface area is 98.8 Å². The van der Waals surface area contributed by atoms with E-state index in [1.807, 2.05) is 19.3 Å². The van der Waals surface area contributed by atoms with E-state index >= 15 is 0 Å². The molecule has 2 rings (SSSR count). The molecule has 0 fully saturated rings. The second-order valence-corrected chi connectivity index (χ2v) is 3.83. The van der Waals surface area contributed by atoms with E-state index in [0.29, 0.717) is 24.3 Å². The number of nitrogens with zero attached hydrogens (tertiary/aromatic N) is 2. The predicted octanol–water partition coefficient (Wildman–Crippen LogP) is 0.303. The van der Waals surface area contributed by atoms with Crippen LogP contribution in [0.2, 0.25) is 0 Å². The normalized spacial score (nSPS) is 10.4. The fourth-order valence-electron chi connectivity index (χ4n) is 1.54. The highest BCUT2D eigenvalue weighted by molar-refractivity contribution is 5.93. The van der Waals surface area contributed by atoms with E-state index in [1.165, 1.54) is 0 Å². The number of aryl methyl sites for hydroxylation is 1. The Morgan fingerprint density at radius 2 is 2.47 bits per heavy atom. The summed E-state index contributed by atoms with van der Waals surface area (Å²) in [6.45, 7) is 0.550. The molecule has 0 radical (unpaired) electrons. The van der Waals surface area contributed by atoms with Crippen molar-refractivity contribution in [3.05, 3.63) is 35.9 Å². The smallest absolute Gasteiger partial charge is 0.267 e. The lowest BCUT2D eigenvalue weighted by atomic mass is 10.3. The minimum Gasteiger partial charge on any atom is -0.397 e. The Morgan fingerprint density at radius 1 is 1.65 bits per heavy atom. The molecule has 4 N–H and O–H groups in total. The van der Waals surface area contributed by atoms with Crippen molar-refractivity contribution in [2.24, 2.45) is 7.05 Å². The largest absolute Gasteiger partial charge is 0.397 e. The summed E-state index contributed by atoms with van der Waals surface area (Å²) in [7, 11) is 1.86. The summed E-state index contributed by atoms with van der Waals surface area (Å²) in [5.41, 5.74) is 7.50. The van der Waals surface area contributed by atoms with Gasteiger partial charge in [-0.2, -0.15) is 5.10 Å². The second-order valence-electron chi connectivity index (χ2n) is 3.83. The van der Waals surface area contributed by atoms with E-state index < -0.39 is 0 Å². The number of hydrogen-bond donors (Lipinski definition) is 3. The lowest BCUT2D eigenvalue weighted by molar-refractivity contribution is 0.0949. The third-order valence-electron chi connectivity index (χ3n) is 2.39. The van der Waals surface area contributed by atoms with Gasteiger partial charge < -0.3 is 16.0 Å². The van der Waals surface area contributed by atoms with E-state index in [1.54, 1.807) is 16.9 Å². The number of hydrogen-bond acceptors (Lipinski definition) is 3. The third-order valence-corrected chi connectivity index (χ3v) is 2.39. The number of amides is 1. The van der Waals surface area contributed by atoms with Gasteiger partial charge in [-0.1, -0.05) is 0 Å². The maximum Gasteiger partial charge on any atom is 0.267 e. The van der Waals surface area contributed by atoms with Crippen molar-refractivity contribution in [3.8, 4) is 0 Å². The number of carbonyl (C=O) groups is 1. The molecule has 6 nitrogen and oxygen atoms in total. The standard InChI is InChI=1S/C11H15N5O/c1-16-5-3-9(15-16)2-4-13-11(17)10-6-8(12)7-14-10/h3,5-7,14H,2,4,12H2,1H3,(H,13,17). The first-order valence-corrected chi connectivity index (χ1v) is 5.36. The highest BCUT2D eigenvalue weighted by Gasteiger charge is 2.06. The lowest BCUT2D eigenvalue weighted by Gasteiger charge is -2.01. The van der Waals surface area contributed by atoms with Gasteiger partial charge in [-0.15, -0.1) is 0 Å². The van der Waals surface area contributed by atoms with Crippen LogP contribution in [0.25, 0.3) is 0 Å². The molecule has 6 heteroatoms. The van der Waals surface area contributed by atoms with Gasteiger partial charge in [0.25, 0.3) is 5.91 Å². The molecule has 0 saturated heterocycles. The summed E-state index contributed by atoms with van der Waals surface area (Å²) in [6, 6.07) is 3.54. The second kappa shape index (κ2) is 4.73. The van der Waals surface area contributed by atoms with Gasteiger partial charge in [0.05, 0.1) is 5.69 Å². The van der Waals surface area contributed by atoms with Crippen molar-refractivity contribution in [2.45, 2.75) is 6.42 Å². The fourth-order valence-corrected chi connectivity index (χ4v) is 1.54. The number of carbonyl (C=O) groups excluding carboxylic acids is 1. The first kappa shape index (κ1) is 11.3. The van der Waals surface area contributed by atoms with Crippen LogP contribution in [0.3, 0.4) is 0 Å². The molecule has 2 heterocycles. The quantitative estimate of drug-likeness (QED) is 0.709. The molecule has 0 aromatic carbocycles. The van der Waals surface area contributed by atoms with Crippen LogP contribution in [0, 0.1) is 0 Å². The molecule has 17 heavy (non-hydrogen) atoms. The van der Waals surface area contributed by atoms with E-state index in [9.17, 15) is 4.79 Å². The molecule has 90 valence electrons. The van der Waals surface area contributed by atoms with Gasteiger partial charge in [0.2, 0.25) is 0 Å². The van der Waals surface area contributed by atoms with E-state index in [4.69, 9.17) is 5.73 Å². The molecule has 1 amide bonds. The molecule has 2 aromatic heterocycles. The third kappa shape index (κ3) is 2.87. The number of nitrogens with one attached hydrogen (secondary N) is 2. The minimum absolute atomic E-state index is 0.155. The van der Waals surface area contributed by atoms with Crippen LogP contribution in [-0.2, 0) is 13.5 Å². The first-order chi connectivity index (χ1) is 8.15. The van der Waals surface area contributed by atoms with Crippen molar-refractivity contribution < 1.29 is 4.79 Å². The summed E-state index contributed by atoms with van der Waals surface area (Å²) >= 11 is 0. The van der Waals surface area contributed by atoms with Crippen LogP contribution >= 0.6 is 0 Å². The summed E-state index contributed by atoms with van der Waals surface area (Å²) in [6.07, 6.45) is 4.18. The number of anilines is 1. The highest BCUT2D eigenvalue weighted by Crippen LogP contribution is 2.04. The van der Waals surface area contributed by atoms with Crippen LogP contribution in [-0.4, -0.2) is 27.2 Å². The van der Waals surface area contributed by atoms with Crippen LogP contribution in [0.5, 0.6) is 0 Å². The molecule has 0 bridgehead atoms. The van der Waals surface area contributed by atoms with Crippen LogP contribution in [0.4, 0.5) is 5.69 Å². The van der Waals surface area contributed by atoms with Crippen molar-refractivity contribution in [3.63, 3.8) is 0 Å².